The highest BCUT2D eigenvalue weighted by atomic mass is 32.2. The van der Waals surface area contributed by atoms with Crippen molar-refractivity contribution in [2.75, 3.05) is 5.32 Å². The number of anilines is 2. The van der Waals surface area contributed by atoms with Crippen molar-refractivity contribution >= 4 is 39.3 Å². The fourth-order valence-corrected chi connectivity index (χ4v) is 5.96. The molecule has 1 amide bonds. The lowest BCUT2D eigenvalue weighted by atomic mass is 10.0. The van der Waals surface area contributed by atoms with Crippen molar-refractivity contribution < 1.29 is 32.4 Å². The maximum atomic E-state index is 12.3. The number of non-ortho nitro benzene ring substituents is 1. The normalized spacial score (nSPS) is 19.5. The molecule has 2 heterocycles. The van der Waals surface area contributed by atoms with Crippen LogP contribution in [0.5, 0.6) is 5.75 Å². The fourth-order valence-electron chi connectivity index (χ4n) is 4.81. The number of ether oxygens (including phenoxy) is 2. The Morgan fingerprint density at radius 1 is 1.15 bits per heavy atom. The SMILES string of the molecule is CC(C)(C)n1nc([C@H]2CC[C@@H](OC(=O)Oc3ccc([N+](=O)[O-])cc3)C2)cc1Nc1ccc2c(c1)C(=O)NS2(=O)=O. The minimum Gasteiger partial charge on any atom is -0.431 e. The maximum absolute atomic E-state index is 12.3. The largest absolute Gasteiger partial charge is 0.514 e. The molecule has 1 aliphatic carbocycles. The van der Waals surface area contributed by atoms with Crippen molar-refractivity contribution in [2.45, 2.75) is 62.5 Å². The smallest absolute Gasteiger partial charge is 0.431 e. The van der Waals surface area contributed by atoms with Crippen molar-refractivity contribution in [3.8, 4) is 5.75 Å². The Morgan fingerprint density at radius 3 is 2.55 bits per heavy atom. The van der Waals surface area contributed by atoms with Crippen molar-refractivity contribution in [2.24, 2.45) is 0 Å². The minimum absolute atomic E-state index is 0.0114. The Hall–Kier alpha value is -4.46. The van der Waals surface area contributed by atoms with E-state index in [1.54, 1.807) is 6.07 Å². The van der Waals surface area contributed by atoms with E-state index in [0.29, 0.717) is 24.3 Å². The predicted octanol–water partition coefficient (Wildman–Crippen LogP) is 4.57. The second-order valence-corrected chi connectivity index (χ2v) is 12.3. The lowest BCUT2D eigenvalue weighted by Gasteiger charge is -2.23. The van der Waals surface area contributed by atoms with E-state index >= 15 is 0 Å². The van der Waals surface area contributed by atoms with E-state index in [1.165, 1.54) is 36.4 Å². The van der Waals surface area contributed by atoms with E-state index in [0.717, 1.165) is 12.1 Å². The molecule has 14 heteroatoms. The van der Waals surface area contributed by atoms with Gasteiger partial charge in [-0.3, -0.25) is 14.9 Å². The minimum atomic E-state index is -3.83. The Balaban J connectivity index is 1.27. The summed E-state index contributed by atoms with van der Waals surface area (Å²) < 4.78 is 38.6. The van der Waals surface area contributed by atoms with Gasteiger partial charge in [-0.25, -0.2) is 22.6 Å². The molecule has 2 N–H and O–H groups in total. The summed E-state index contributed by atoms with van der Waals surface area (Å²) in [6, 6.07) is 11.5. The van der Waals surface area contributed by atoms with Gasteiger partial charge in [-0.15, -0.1) is 0 Å². The van der Waals surface area contributed by atoms with Gasteiger partial charge in [0.05, 0.1) is 21.7 Å². The molecule has 3 aromatic rings. The molecule has 1 saturated carbocycles. The van der Waals surface area contributed by atoms with E-state index < -0.39 is 32.5 Å². The number of benzene rings is 2. The topological polar surface area (TPSA) is 172 Å². The number of aromatic nitrogens is 2. The highest BCUT2D eigenvalue weighted by molar-refractivity contribution is 7.90. The van der Waals surface area contributed by atoms with Crippen LogP contribution in [0.25, 0.3) is 0 Å². The Bertz CT molecular complexity index is 1610. The highest BCUT2D eigenvalue weighted by Gasteiger charge is 2.34. The summed E-state index contributed by atoms with van der Waals surface area (Å²) in [5, 5.41) is 18.9. The zero-order chi connectivity index (χ0) is 28.8. The molecule has 0 radical (unpaired) electrons. The molecule has 13 nitrogen and oxygen atoms in total. The van der Waals surface area contributed by atoms with E-state index in [9.17, 15) is 28.1 Å². The second kappa shape index (κ2) is 9.93. The lowest BCUT2D eigenvalue weighted by molar-refractivity contribution is -0.384. The number of fused-ring (bicyclic) bond motifs is 1. The molecule has 40 heavy (non-hydrogen) atoms. The van der Waals surface area contributed by atoms with E-state index in [1.807, 2.05) is 36.2 Å². The number of nitro groups is 1. The first-order valence-electron chi connectivity index (χ1n) is 12.5. The molecule has 210 valence electrons. The third-order valence-electron chi connectivity index (χ3n) is 6.69. The van der Waals surface area contributed by atoms with Crippen LogP contribution in [0.1, 0.15) is 62.0 Å². The van der Waals surface area contributed by atoms with Gasteiger partial charge < -0.3 is 14.8 Å². The first kappa shape index (κ1) is 27.1. The number of hydrogen-bond donors (Lipinski definition) is 2. The zero-order valence-corrected chi connectivity index (χ0v) is 22.7. The maximum Gasteiger partial charge on any atom is 0.514 e. The Morgan fingerprint density at radius 2 is 1.88 bits per heavy atom. The molecular weight excluding hydrogens is 542 g/mol. The molecule has 1 aliphatic heterocycles. The molecule has 0 bridgehead atoms. The molecule has 2 aromatic carbocycles. The van der Waals surface area contributed by atoms with Crippen LogP contribution in [0.15, 0.2) is 53.4 Å². The molecular formula is C26H27N5O8S. The Labute approximate surface area is 229 Å². The number of nitrogens with zero attached hydrogens (tertiary/aromatic N) is 3. The fraction of sp³-hybridized carbons (Fsp3) is 0.346. The zero-order valence-electron chi connectivity index (χ0n) is 21.9. The first-order chi connectivity index (χ1) is 18.8. The highest BCUT2D eigenvalue weighted by Crippen LogP contribution is 2.38. The van der Waals surface area contributed by atoms with Gasteiger partial charge in [0.15, 0.2) is 0 Å². The molecule has 5 rings (SSSR count). The number of carbonyl (C=O) groups is 2. The molecule has 2 aliphatic rings. The van der Waals surface area contributed by atoms with Crippen LogP contribution in [0.3, 0.4) is 0 Å². The lowest BCUT2D eigenvalue weighted by Crippen LogP contribution is -2.24. The monoisotopic (exact) mass is 569 g/mol. The van der Waals surface area contributed by atoms with Gasteiger partial charge >= 0.3 is 6.16 Å². The average molecular weight is 570 g/mol. The van der Waals surface area contributed by atoms with Crippen molar-refractivity contribution in [1.29, 1.82) is 0 Å². The number of carbonyl (C=O) groups excluding carboxylic acids is 2. The van der Waals surface area contributed by atoms with Crippen LogP contribution in [-0.2, 0) is 20.3 Å². The molecule has 0 unspecified atom stereocenters. The molecule has 2 atom stereocenters. The summed E-state index contributed by atoms with van der Waals surface area (Å²) in [5.74, 6) is 0.141. The quantitative estimate of drug-likeness (QED) is 0.185. The van der Waals surface area contributed by atoms with E-state index in [2.05, 4.69) is 5.32 Å². The van der Waals surface area contributed by atoms with E-state index in [4.69, 9.17) is 14.6 Å². The van der Waals surface area contributed by atoms with E-state index in [-0.39, 0.29) is 33.9 Å². The van der Waals surface area contributed by atoms with Gasteiger partial charge in [-0.2, -0.15) is 5.10 Å². The summed E-state index contributed by atoms with van der Waals surface area (Å²) in [7, 11) is -3.83. The third-order valence-corrected chi connectivity index (χ3v) is 8.08. The van der Waals surface area contributed by atoms with Crippen LogP contribution in [-0.4, -0.2) is 41.3 Å². The first-order valence-corrected chi connectivity index (χ1v) is 14.0. The average Bonchev–Trinajstić information content (AvgIpc) is 3.56. The van der Waals surface area contributed by atoms with Crippen LogP contribution in [0.4, 0.5) is 22.0 Å². The summed E-state index contributed by atoms with van der Waals surface area (Å²) in [4.78, 5) is 34.6. The number of amides is 1. The number of hydrogen-bond acceptors (Lipinski definition) is 10. The molecule has 1 aromatic heterocycles. The van der Waals surface area contributed by atoms with Crippen LogP contribution < -0.4 is 14.8 Å². The van der Waals surface area contributed by atoms with Crippen LogP contribution >= 0.6 is 0 Å². The number of nitrogens with one attached hydrogen (secondary N) is 2. The van der Waals surface area contributed by atoms with Gasteiger partial charge in [0.2, 0.25) is 0 Å². The summed E-state index contributed by atoms with van der Waals surface area (Å²) in [6.45, 7) is 5.98. The van der Waals surface area contributed by atoms with Gasteiger partial charge in [-0.1, -0.05) is 0 Å². The Kier molecular flexibility index (Phi) is 6.74. The summed E-state index contributed by atoms with van der Waals surface area (Å²) >= 11 is 0. The molecule has 1 fully saturated rings. The third kappa shape index (κ3) is 5.47. The van der Waals surface area contributed by atoms with Gasteiger partial charge in [0.1, 0.15) is 22.6 Å². The van der Waals surface area contributed by atoms with Crippen molar-refractivity contribution in [3.05, 3.63) is 69.9 Å². The van der Waals surface area contributed by atoms with Crippen LogP contribution in [0, 0.1) is 10.1 Å². The molecule has 0 spiro atoms. The number of rotatable bonds is 6. The number of sulfonamides is 1. The van der Waals surface area contributed by atoms with Gasteiger partial charge in [0.25, 0.3) is 21.6 Å². The standard InChI is InChI=1S/C26H27N5O8S/c1-26(2,3)30-23(27-16-5-11-22-20(13-16)24(32)29-40(22,36)37)14-21(28-30)15-4-8-19(12-15)39-25(33)38-18-9-6-17(7-10-18)31(34)35/h5-7,9-11,13-15,19,27H,4,8,12H2,1-3H3,(H,29,32)/t15-,19+/m0/s1. The summed E-state index contributed by atoms with van der Waals surface area (Å²) in [5.41, 5.74) is 0.889. The van der Waals surface area contributed by atoms with Crippen LogP contribution in [0.2, 0.25) is 0 Å². The van der Waals surface area contributed by atoms with Crippen molar-refractivity contribution in [1.82, 2.24) is 14.5 Å². The second-order valence-electron chi connectivity index (χ2n) is 10.7. The summed E-state index contributed by atoms with van der Waals surface area (Å²) in [6.07, 6.45) is 0.605. The molecule has 0 saturated heterocycles. The van der Waals surface area contributed by atoms with Crippen molar-refractivity contribution in [3.63, 3.8) is 0 Å². The van der Waals surface area contributed by atoms with Gasteiger partial charge in [0, 0.05) is 29.8 Å². The number of nitro benzene ring substituents is 1. The van der Waals surface area contributed by atoms with Gasteiger partial charge in [-0.05, 0) is 70.4 Å². The predicted molar refractivity (Wildman–Crippen MR) is 142 cm³/mol.